The quantitative estimate of drug-likeness (QED) is 0.599. The van der Waals surface area contributed by atoms with Crippen LogP contribution in [0.25, 0.3) is 0 Å². The van der Waals surface area contributed by atoms with Crippen LogP contribution in [0.2, 0.25) is 0 Å². The molecule has 0 aliphatic heterocycles. The molecule has 3 nitrogen and oxygen atoms in total. The molecule has 0 heterocycles. The van der Waals surface area contributed by atoms with Crippen LogP contribution in [0.3, 0.4) is 0 Å². The van der Waals surface area contributed by atoms with E-state index in [-0.39, 0.29) is 12.6 Å². The first-order valence-electron chi connectivity index (χ1n) is 6.59. The van der Waals surface area contributed by atoms with E-state index in [9.17, 15) is 5.11 Å². The number of nitrogens with one attached hydrogen (secondary N) is 1. The van der Waals surface area contributed by atoms with E-state index in [0.717, 1.165) is 11.1 Å². The van der Waals surface area contributed by atoms with E-state index in [2.05, 4.69) is 12.1 Å². The second-order valence-corrected chi connectivity index (χ2v) is 4.44. The van der Waals surface area contributed by atoms with Crippen molar-refractivity contribution in [3.05, 3.63) is 84.4 Å². The predicted octanol–water partition coefficient (Wildman–Crippen LogP) is 3.17. The third kappa shape index (κ3) is 3.78. The van der Waals surface area contributed by atoms with Gasteiger partial charge in [-0.05, 0) is 11.1 Å². The summed E-state index contributed by atoms with van der Waals surface area (Å²) in [6.45, 7) is 3.72. The number of benzene rings is 2. The summed E-state index contributed by atoms with van der Waals surface area (Å²) in [5.74, 6) is 0. The minimum absolute atomic E-state index is 0.0876. The maximum absolute atomic E-state index is 9.44. The van der Waals surface area contributed by atoms with Gasteiger partial charge in [-0.15, -0.1) is 6.58 Å². The zero-order chi connectivity index (χ0) is 14.2. The fraction of sp³-hybridized carbons (Fsp3) is 0.176. The van der Waals surface area contributed by atoms with Gasteiger partial charge < -0.3 is 5.11 Å². The normalized spacial score (nSPS) is 13.7. The summed E-state index contributed by atoms with van der Waals surface area (Å²) in [5, 5.41) is 9.44. The van der Waals surface area contributed by atoms with Crippen molar-refractivity contribution < 1.29 is 9.94 Å². The molecule has 0 aliphatic carbocycles. The van der Waals surface area contributed by atoms with Crippen molar-refractivity contribution in [2.75, 3.05) is 6.61 Å². The van der Waals surface area contributed by atoms with Crippen LogP contribution in [-0.2, 0) is 4.84 Å². The molecular formula is C17H19NO2. The molecule has 0 saturated heterocycles. The van der Waals surface area contributed by atoms with Gasteiger partial charge in [0.25, 0.3) is 0 Å². The predicted molar refractivity (Wildman–Crippen MR) is 79.9 cm³/mol. The zero-order valence-electron chi connectivity index (χ0n) is 11.3. The van der Waals surface area contributed by atoms with Crippen molar-refractivity contribution >= 4 is 0 Å². The topological polar surface area (TPSA) is 41.5 Å². The molecule has 0 bridgehead atoms. The summed E-state index contributed by atoms with van der Waals surface area (Å²) in [6.07, 6.45) is 1.37. The molecule has 2 aromatic rings. The minimum atomic E-state index is -0.401. The lowest BCUT2D eigenvalue weighted by Gasteiger charge is -2.20. The first kappa shape index (κ1) is 14.5. The average molecular weight is 269 g/mol. The molecule has 2 atom stereocenters. The minimum Gasteiger partial charge on any atom is -0.393 e. The average Bonchev–Trinajstić information content (AvgIpc) is 2.53. The highest BCUT2D eigenvalue weighted by atomic mass is 16.7. The van der Waals surface area contributed by atoms with Crippen LogP contribution in [0.15, 0.2) is 73.3 Å². The Morgan fingerprint density at radius 3 is 2.05 bits per heavy atom. The van der Waals surface area contributed by atoms with Crippen LogP contribution in [0.1, 0.15) is 23.3 Å². The summed E-state index contributed by atoms with van der Waals surface area (Å²) in [4.78, 5) is 5.61. The smallest absolute Gasteiger partial charge is 0.127 e. The van der Waals surface area contributed by atoms with Crippen LogP contribution < -0.4 is 5.48 Å². The number of rotatable bonds is 7. The summed E-state index contributed by atoms with van der Waals surface area (Å²) in [7, 11) is 0. The molecule has 2 rings (SSSR count). The van der Waals surface area contributed by atoms with Crippen molar-refractivity contribution in [1.29, 1.82) is 0 Å². The Morgan fingerprint density at radius 2 is 1.55 bits per heavy atom. The van der Waals surface area contributed by atoms with E-state index >= 15 is 0 Å². The van der Waals surface area contributed by atoms with Gasteiger partial charge in [0.1, 0.15) is 6.10 Å². The van der Waals surface area contributed by atoms with Crippen LogP contribution in [-0.4, -0.2) is 11.7 Å². The lowest BCUT2D eigenvalue weighted by molar-refractivity contribution is -0.0628. The molecular weight excluding hydrogens is 250 g/mol. The van der Waals surface area contributed by atoms with Crippen molar-refractivity contribution in [3.63, 3.8) is 0 Å². The Kier molecular flexibility index (Phi) is 5.50. The van der Waals surface area contributed by atoms with Crippen molar-refractivity contribution in [2.24, 2.45) is 0 Å². The van der Waals surface area contributed by atoms with Crippen LogP contribution in [0.5, 0.6) is 0 Å². The Balaban J connectivity index is 2.00. The van der Waals surface area contributed by atoms with Gasteiger partial charge in [-0.1, -0.05) is 66.7 Å². The molecule has 0 amide bonds. The van der Waals surface area contributed by atoms with E-state index in [1.807, 2.05) is 60.7 Å². The highest BCUT2D eigenvalue weighted by molar-refractivity contribution is 5.22. The Labute approximate surface area is 119 Å². The lowest BCUT2D eigenvalue weighted by atomic mass is 10.1. The first-order valence-corrected chi connectivity index (χ1v) is 6.59. The molecule has 0 saturated carbocycles. The van der Waals surface area contributed by atoms with Gasteiger partial charge in [0, 0.05) is 0 Å². The van der Waals surface area contributed by atoms with E-state index in [0.29, 0.717) is 0 Å². The van der Waals surface area contributed by atoms with Gasteiger partial charge >= 0.3 is 0 Å². The van der Waals surface area contributed by atoms with E-state index in [1.54, 1.807) is 6.08 Å². The fourth-order valence-corrected chi connectivity index (χ4v) is 1.95. The van der Waals surface area contributed by atoms with E-state index in [4.69, 9.17) is 4.84 Å². The summed E-state index contributed by atoms with van der Waals surface area (Å²) in [6, 6.07) is 19.4. The zero-order valence-corrected chi connectivity index (χ0v) is 11.3. The van der Waals surface area contributed by atoms with Crippen molar-refractivity contribution in [1.82, 2.24) is 5.48 Å². The van der Waals surface area contributed by atoms with Gasteiger partial charge in [-0.2, -0.15) is 5.48 Å². The highest BCUT2D eigenvalue weighted by Gasteiger charge is 2.13. The monoisotopic (exact) mass is 269 g/mol. The summed E-state index contributed by atoms with van der Waals surface area (Å²) >= 11 is 0. The maximum Gasteiger partial charge on any atom is 0.127 e. The van der Waals surface area contributed by atoms with Gasteiger partial charge in [0.15, 0.2) is 0 Å². The van der Waals surface area contributed by atoms with Crippen molar-refractivity contribution in [2.45, 2.75) is 12.1 Å². The molecule has 104 valence electrons. The SMILES string of the molecule is C=C[C@@H](NO[C@H](CO)c1ccccc1)c1ccccc1. The highest BCUT2D eigenvalue weighted by Crippen LogP contribution is 2.18. The third-order valence-corrected chi connectivity index (χ3v) is 3.07. The molecule has 0 aliphatic rings. The number of hydrogen-bond donors (Lipinski definition) is 2. The third-order valence-electron chi connectivity index (χ3n) is 3.07. The molecule has 3 heteroatoms. The molecule has 0 aromatic heterocycles. The number of hydrogen-bond acceptors (Lipinski definition) is 3. The van der Waals surface area contributed by atoms with Crippen molar-refractivity contribution in [3.8, 4) is 0 Å². The summed E-state index contributed by atoms with van der Waals surface area (Å²) in [5.41, 5.74) is 4.95. The van der Waals surface area contributed by atoms with Gasteiger partial charge in [-0.3, -0.25) is 4.84 Å². The standard InChI is InChI=1S/C17H19NO2/c1-2-16(14-9-5-3-6-10-14)18-20-17(13-19)15-11-7-4-8-12-15/h2-12,16-19H,1,13H2/t16-,17-/m1/s1. The van der Waals surface area contributed by atoms with Gasteiger partial charge in [0.2, 0.25) is 0 Å². The second-order valence-electron chi connectivity index (χ2n) is 4.44. The molecule has 0 radical (unpaired) electrons. The van der Waals surface area contributed by atoms with Gasteiger partial charge in [0.05, 0.1) is 12.6 Å². The molecule has 2 aromatic carbocycles. The maximum atomic E-state index is 9.44. The second kappa shape index (κ2) is 7.60. The number of aliphatic hydroxyl groups excluding tert-OH is 1. The van der Waals surface area contributed by atoms with E-state index in [1.165, 1.54) is 0 Å². The lowest BCUT2D eigenvalue weighted by Crippen LogP contribution is -2.24. The Morgan fingerprint density at radius 1 is 1.00 bits per heavy atom. The first-order chi connectivity index (χ1) is 9.85. The van der Waals surface area contributed by atoms with Crippen LogP contribution in [0, 0.1) is 0 Å². The number of hydroxylamine groups is 1. The number of aliphatic hydroxyl groups is 1. The Bertz CT molecular complexity index is 513. The molecule has 0 unspecified atom stereocenters. The Hall–Kier alpha value is -1.94. The van der Waals surface area contributed by atoms with E-state index < -0.39 is 6.10 Å². The molecule has 2 N–H and O–H groups in total. The van der Waals surface area contributed by atoms with Crippen LogP contribution >= 0.6 is 0 Å². The molecule has 0 spiro atoms. The fourth-order valence-electron chi connectivity index (χ4n) is 1.95. The largest absolute Gasteiger partial charge is 0.393 e. The van der Waals surface area contributed by atoms with Gasteiger partial charge in [-0.25, -0.2) is 0 Å². The van der Waals surface area contributed by atoms with Crippen LogP contribution in [0.4, 0.5) is 0 Å². The molecule has 20 heavy (non-hydrogen) atoms. The summed E-state index contributed by atoms with van der Waals surface area (Å²) < 4.78 is 0. The molecule has 0 fully saturated rings.